The number of hydrogen-bond acceptors (Lipinski definition) is 14. The fraction of sp³-hybridized carbons (Fsp3) is 0.650. The summed E-state index contributed by atoms with van der Waals surface area (Å²) in [5, 5.41) is 60.9. The smallest absolute Gasteiger partial charge is 0.397 e. The van der Waals surface area contributed by atoms with Crippen LogP contribution in [0.25, 0.3) is 0 Å². The number of aliphatic carboxylic acids is 1. The van der Waals surface area contributed by atoms with Crippen molar-refractivity contribution in [3.05, 3.63) is 29.8 Å². The SMILES string of the molecule is NCCc1ccc(OC2OC(CO)C(O)C(OC3OC(C(=O)O)C(O)C(OS(=O)(=O)O)C3O)C2O)cc1. The lowest BCUT2D eigenvalue weighted by Gasteiger charge is -2.45. The van der Waals surface area contributed by atoms with Crippen LogP contribution in [0, 0.1) is 0 Å². The largest absolute Gasteiger partial charge is 0.479 e. The second kappa shape index (κ2) is 12.2. The van der Waals surface area contributed by atoms with E-state index in [9.17, 15) is 43.9 Å². The molecule has 2 saturated heterocycles. The minimum atomic E-state index is -5.28. The molecule has 0 spiro atoms. The van der Waals surface area contributed by atoms with Crippen molar-refractivity contribution in [3.63, 3.8) is 0 Å². The van der Waals surface area contributed by atoms with Crippen LogP contribution < -0.4 is 10.5 Å². The van der Waals surface area contributed by atoms with Crippen LogP contribution in [0.5, 0.6) is 5.75 Å². The van der Waals surface area contributed by atoms with Gasteiger partial charge >= 0.3 is 16.4 Å². The van der Waals surface area contributed by atoms with Crippen molar-refractivity contribution in [2.45, 2.75) is 67.8 Å². The molecule has 9 N–H and O–H groups in total. The van der Waals surface area contributed by atoms with Gasteiger partial charge in [0.15, 0.2) is 12.4 Å². The van der Waals surface area contributed by atoms with Crippen LogP contribution in [0.4, 0.5) is 0 Å². The molecule has 210 valence electrons. The molecule has 10 unspecified atom stereocenters. The van der Waals surface area contributed by atoms with Crippen LogP contribution in [-0.2, 0) is 40.0 Å². The summed E-state index contributed by atoms with van der Waals surface area (Å²) in [7, 11) is -5.28. The van der Waals surface area contributed by atoms with E-state index in [1.165, 1.54) is 0 Å². The summed E-state index contributed by atoms with van der Waals surface area (Å²) in [5.74, 6) is -1.58. The first-order chi connectivity index (χ1) is 17.4. The lowest BCUT2D eigenvalue weighted by atomic mass is 9.97. The normalized spacial score (nSPS) is 36.7. The van der Waals surface area contributed by atoms with E-state index in [0.29, 0.717) is 13.0 Å². The minimum absolute atomic E-state index is 0.223. The van der Waals surface area contributed by atoms with Crippen LogP contribution in [0.1, 0.15) is 5.56 Å². The molecule has 1 aromatic rings. The Bertz CT molecular complexity index is 1010. The van der Waals surface area contributed by atoms with E-state index in [2.05, 4.69) is 4.18 Å². The van der Waals surface area contributed by atoms with Gasteiger partial charge in [0.25, 0.3) is 0 Å². The Morgan fingerprint density at radius 1 is 0.946 bits per heavy atom. The molecule has 37 heavy (non-hydrogen) atoms. The number of aliphatic hydroxyl groups is 5. The van der Waals surface area contributed by atoms with Crippen LogP contribution in [0.15, 0.2) is 24.3 Å². The zero-order valence-electron chi connectivity index (χ0n) is 19.1. The number of carbonyl (C=O) groups is 1. The van der Waals surface area contributed by atoms with Gasteiger partial charge in [-0.3, -0.25) is 4.55 Å². The van der Waals surface area contributed by atoms with Gasteiger partial charge in [0.2, 0.25) is 6.29 Å². The number of ether oxygens (including phenoxy) is 4. The maximum atomic E-state index is 11.5. The Morgan fingerprint density at radius 3 is 2.11 bits per heavy atom. The lowest BCUT2D eigenvalue weighted by Crippen LogP contribution is -2.66. The molecular formula is C20H29NO15S. The Balaban J connectivity index is 1.82. The van der Waals surface area contributed by atoms with Gasteiger partial charge in [0, 0.05) is 0 Å². The molecule has 0 radical (unpaired) electrons. The van der Waals surface area contributed by atoms with Crippen LogP contribution >= 0.6 is 0 Å². The van der Waals surface area contributed by atoms with E-state index in [1.54, 1.807) is 24.3 Å². The second-order valence-electron chi connectivity index (χ2n) is 8.34. The van der Waals surface area contributed by atoms with Gasteiger partial charge in [-0.1, -0.05) is 12.1 Å². The number of rotatable bonds is 10. The molecule has 0 saturated carbocycles. The van der Waals surface area contributed by atoms with Gasteiger partial charge in [-0.05, 0) is 30.7 Å². The quantitative estimate of drug-likeness (QED) is 0.128. The first kappa shape index (κ1) is 29.6. The van der Waals surface area contributed by atoms with Gasteiger partial charge in [-0.2, -0.15) is 8.42 Å². The van der Waals surface area contributed by atoms with E-state index in [0.717, 1.165) is 5.56 Å². The molecule has 0 amide bonds. The van der Waals surface area contributed by atoms with Crippen LogP contribution in [-0.4, -0.2) is 124 Å². The molecule has 0 aliphatic carbocycles. The number of aliphatic hydroxyl groups excluding tert-OH is 5. The molecular weight excluding hydrogens is 526 g/mol. The van der Waals surface area contributed by atoms with Crippen molar-refractivity contribution >= 4 is 16.4 Å². The number of nitrogens with two attached hydrogens (primary N) is 1. The Kier molecular flexibility index (Phi) is 9.78. The summed E-state index contributed by atoms with van der Waals surface area (Å²) in [5.41, 5.74) is 6.42. The fourth-order valence-electron chi connectivity index (χ4n) is 3.91. The highest BCUT2D eigenvalue weighted by atomic mass is 32.3. The third kappa shape index (κ3) is 7.11. The Morgan fingerprint density at radius 2 is 1.57 bits per heavy atom. The van der Waals surface area contributed by atoms with Crippen LogP contribution in [0.2, 0.25) is 0 Å². The molecule has 0 bridgehead atoms. The first-order valence-corrected chi connectivity index (χ1v) is 12.4. The summed E-state index contributed by atoms with van der Waals surface area (Å²) >= 11 is 0. The maximum absolute atomic E-state index is 11.5. The standard InChI is InChI=1S/C20H29NO15S/c21-6-5-8-1-3-9(4-2-8)32-19-13(25)15(11(23)10(7-22)33-19)34-20-14(26)16(36-37(29,30)31)12(24)17(35-20)18(27)28/h1-4,10-17,19-20,22-26H,5-7,21H2,(H,27,28)(H,29,30,31). The molecule has 2 fully saturated rings. The molecule has 10 atom stereocenters. The molecule has 1 aromatic carbocycles. The van der Waals surface area contributed by atoms with Gasteiger partial charge < -0.3 is 55.3 Å². The number of carboxylic acid groups (broad SMARTS) is 1. The van der Waals surface area contributed by atoms with E-state index in [1.807, 2.05) is 0 Å². The monoisotopic (exact) mass is 555 g/mol. The predicted octanol–water partition coefficient (Wildman–Crippen LogP) is -3.89. The van der Waals surface area contributed by atoms with Crippen molar-refractivity contribution < 1.29 is 71.5 Å². The van der Waals surface area contributed by atoms with Gasteiger partial charge in [0.05, 0.1) is 6.61 Å². The summed E-state index contributed by atoms with van der Waals surface area (Å²) in [4.78, 5) is 11.5. The van der Waals surface area contributed by atoms with Crippen LogP contribution in [0.3, 0.4) is 0 Å². The van der Waals surface area contributed by atoms with E-state index in [-0.39, 0.29) is 5.75 Å². The van der Waals surface area contributed by atoms with Crippen molar-refractivity contribution in [2.75, 3.05) is 13.2 Å². The van der Waals surface area contributed by atoms with E-state index < -0.39 is 84.4 Å². The highest BCUT2D eigenvalue weighted by Crippen LogP contribution is 2.31. The first-order valence-electron chi connectivity index (χ1n) is 11.0. The zero-order chi connectivity index (χ0) is 27.5. The highest BCUT2D eigenvalue weighted by molar-refractivity contribution is 7.80. The average Bonchev–Trinajstić information content (AvgIpc) is 2.83. The molecule has 2 aliphatic rings. The summed E-state index contributed by atoms with van der Waals surface area (Å²) < 4.78 is 56.9. The van der Waals surface area contributed by atoms with Gasteiger partial charge in [-0.15, -0.1) is 0 Å². The lowest BCUT2D eigenvalue weighted by molar-refractivity contribution is -0.347. The minimum Gasteiger partial charge on any atom is -0.479 e. The van der Waals surface area contributed by atoms with Crippen molar-refractivity contribution in [1.82, 2.24) is 0 Å². The fourth-order valence-corrected chi connectivity index (χ4v) is 4.42. The molecule has 16 nitrogen and oxygen atoms in total. The summed E-state index contributed by atoms with van der Waals surface area (Å²) in [6.07, 6.45) is -18.8. The van der Waals surface area contributed by atoms with Crippen molar-refractivity contribution in [1.29, 1.82) is 0 Å². The number of carboxylic acids is 1. The zero-order valence-corrected chi connectivity index (χ0v) is 19.9. The third-order valence-corrected chi connectivity index (χ3v) is 6.21. The summed E-state index contributed by atoms with van der Waals surface area (Å²) in [6, 6.07) is 6.53. The Labute approximate surface area is 210 Å². The average molecular weight is 556 g/mol. The predicted molar refractivity (Wildman–Crippen MR) is 117 cm³/mol. The second-order valence-corrected chi connectivity index (χ2v) is 9.39. The van der Waals surface area contributed by atoms with E-state index >= 15 is 0 Å². The topological polar surface area (TPSA) is 265 Å². The Hall–Kier alpha value is -2.00. The highest BCUT2D eigenvalue weighted by Gasteiger charge is 2.54. The molecule has 3 rings (SSSR count). The maximum Gasteiger partial charge on any atom is 0.397 e. The molecule has 17 heteroatoms. The van der Waals surface area contributed by atoms with Gasteiger partial charge in [-0.25, -0.2) is 8.98 Å². The van der Waals surface area contributed by atoms with Crippen molar-refractivity contribution in [2.24, 2.45) is 5.73 Å². The summed E-state index contributed by atoms with van der Waals surface area (Å²) in [6.45, 7) is -0.354. The number of benzene rings is 1. The van der Waals surface area contributed by atoms with Crippen molar-refractivity contribution in [3.8, 4) is 5.75 Å². The molecule has 0 aromatic heterocycles. The van der Waals surface area contributed by atoms with E-state index in [4.69, 9.17) is 29.2 Å². The van der Waals surface area contributed by atoms with Gasteiger partial charge in [0.1, 0.15) is 48.5 Å². The molecule has 2 heterocycles. The third-order valence-electron chi connectivity index (χ3n) is 5.74. The number of hydrogen-bond donors (Lipinski definition) is 8. The molecule has 2 aliphatic heterocycles.